The third kappa shape index (κ3) is 3.85. The van der Waals surface area contributed by atoms with Gasteiger partial charge in [0.15, 0.2) is 21.8 Å². The number of hydrogen-bond donors (Lipinski definition) is 0. The molecule has 12 heteroatoms. The van der Waals surface area contributed by atoms with Gasteiger partial charge in [0.1, 0.15) is 5.75 Å². The van der Waals surface area contributed by atoms with Gasteiger partial charge in [-0.2, -0.15) is 18.2 Å². The predicted octanol–water partition coefficient (Wildman–Crippen LogP) is 3.27. The number of ether oxygens (including phenoxy) is 1. The maximum atomic E-state index is 13.4. The molecule has 0 N–H and O–H groups in total. The molecular formula is C22H24F3N3O5S. The minimum Gasteiger partial charge on any atom is -0.480 e. The molecule has 8 nitrogen and oxygen atoms in total. The summed E-state index contributed by atoms with van der Waals surface area (Å²) >= 11 is 0. The van der Waals surface area contributed by atoms with Crippen LogP contribution in [-0.2, 0) is 20.7 Å². The Bertz CT molecular complexity index is 1270. The molecule has 1 aromatic heterocycles. The van der Waals surface area contributed by atoms with Gasteiger partial charge in [-0.1, -0.05) is 12.1 Å². The van der Waals surface area contributed by atoms with E-state index >= 15 is 0 Å². The van der Waals surface area contributed by atoms with Gasteiger partial charge >= 0.3 is 6.18 Å². The molecule has 1 aromatic carbocycles. The summed E-state index contributed by atoms with van der Waals surface area (Å²) in [6.07, 6.45) is -3.13. The summed E-state index contributed by atoms with van der Waals surface area (Å²) in [5.41, 5.74) is -0.764. The Morgan fingerprint density at radius 2 is 2.03 bits per heavy atom. The van der Waals surface area contributed by atoms with Crippen molar-refractivity contribution in [3.63, 3.8) is 0 Å². The number of carbonyl (C=O) groups is 1. The van der Waals surface area contributed by atoms with Crippen molar-refractivity contribution in [2.75, 3.05) is 19.3 Å². The van der Waals surface area contributed by atoms with Gasteiger partial charge in [0.25, 0.3) is 5.91 Å². The maximum Gasteiger partial charge on any atom is 0.425 e. The second-order valence-electron chi connectivity index (χ2n) is 9.96. The van der Waals surface area contributed by atoms with Crippen LogP contribution in [0.5, 0.6) is 5.75 Å². The molecule has 2 heterocycles. The van der Waals surface area contributed by atoms with E-state index in [0.717, 1.165) is 50.6 Å². The standard InChI is InChI=1S/C22H24F3N3O5S/c1-12(22(23,24)25)32-16-5-4-14(34(3,30)31)8-15(16)17(29)28-10-13-9-21(13,11-28)18-26-19(33-27-18)20(2)6-7-20/h4-5,8,12-13H,6-7,9-11H2,1-3H3/t12-,13?,21+/m1/s1. The first-order valence-corrected chi connectivity index (χ1v) is 12.8. The van der Waals surface area contributed by atoms with Crippen LogP contribution in [0.4, 0.5) is 13.2 Å². The normalized spacial score (nSPS) is 26.2. The van der Waals surface area contributed by atoms with E-state index in [4.69, 9.17) is 9.26 Å². The molecule has 1 saturated heterocycles. The van der Waals surface area contributed by atoms with Gasteiger partial charge in [-0.05, 0) is 50.3 Å². The number of halogens is 3. The summed E-state index contributed by atoms with van der Waals surface area (Å²) in [5.74, 6) is 0.318. The minimum absolute atomic E-state index is 0.0894. The smallest absolute Gasteiger partial charge is 0.425 e. The molecule has 5 rings (SSSR count). The monoisotopic (exact) mass is 499 g/mol. The van der Waals surface area contributed by atoms with Crippen LogP contribution in [0, 0.1) is 5.92 Å². The number of rotatable bonds is 6. The Kier molecular flexibility index (Phi) is 4.89. The minimum atomic E-state index is -4.65. The first-order chi connectivity index (χ1) is 15.7. The first-order valence-electron chi connectivity index (χ1n) is 10.9. The quantitative estimate of drug-likeness (QED) is 0.601. The molecule has 1 unspecified atom stereocenters. The average molecular weight is 500 g/mol. The summed E-state index contributed by atoms with van der Waals surface area (Å²) in [6.45, 7) is 3.50. The number of hydrogen-bond acceptors (Lipinski definition) is 7. The molecule has 3 aliphatic rings. The van der Waals surface area contributed by atoms with Crippen LogP contribution in [0.15, 0.2) is 27.6 Å². The number of likely N-dealkylation sites (tertiary alicyclic amines) is 1. The Morgan fingerprint density at radius 3 is 2.65 bits per heavy atom. The van der Waals surface area contributed by atoms with Crippen molar-refractivity contribution in [3.05, 3.63) is 35.5 Å². The van der Waals surface area contributed by atoms with Gasteiger partial charge in [-0.3, -0.25) is 4.79 Å². The van der Waals surface area contributed by atoms with E-state index < -0.39 is 33.4 Å². The van der Waals surface area contributed by atoms with Crippen LogP contribution >= 0.6 is 0 Å². The SMILES string of the molecule is C[C@@H](Oc1ccc(S(C)(=O)=O)cc1C(=O)N1CC2C[C@]2(c2noc(C3(C)CC3)n2)C1)C(F)(F)F. The molecule has 1 amide bonds. The number of aromatic nitrogens is 2. The number of amides is 1. The van der Waals surface area contributed by atoms with Crippen molar-refractivity contribution in [1.29, 1.82) is 0 Å². The van der Waals surface area contributed by atoms with Crippen molar-refractivity contribution in [2.24, 2.45) is 5.92 Å². The molecule has 184 valence electrons. The van der Waals surface area contributed by atoms with Crippen molar-refractivity contribution in [2.45, 2.75) is 61.1 Å². The summed E-state index contributed by atoms with van der Waals surface area (Å²) in [4.78, 5) is 19.3. The van der Waals surface area contributed by atoms with E-state index in [1.807, 2.05) is 0 Å². The lowest BCUT2D eigenvalue weighted by molar-refractivity contribution is -0.189. The average Bonchev–Trinajstić information content (AvgIpc) is 3.52. The lowest BCUT2D eigenvalue weighted by Gasteiger charge is -2.24. The highest BCUT2D eigenvalue weighted by Crippen LogP contribution is 2.59. The zero-order chi connectivity index (χ0) is 24.7. The Balaban J connectivity index is 1.42. The zero-order valence-electron chi connectivity index (χ0n) is 18.8. The Morgan fingerprint density at radius 1 is 1.32 bits per heavy atom. The molecular weight excluding hydrogens is 475 g/mol. The van der Waals surface area contributed by atoms with Crippen LogP contribution in [-0.4, -0.2) is 61.0 Å². The van der Waals surface area contributed by atoms with E-state index in [1.54, 1.807) is 0 Å². The van der Waals surface area contributed by atoms with E-state index in [0.29, 0.717) is 18.3 Å². The highest BCUT2D eigenvalue weighted by Gasteiger charge is 2.65. The van der Waals surface area contributed by atoms with Gasteiger partial charge in [-0.25, -0.2) is 8.42 Å². The fourth-order valence-electron chi connectivity index (χ4n) is 4.49. The molecule has 0 spiro atoms. The summed E-state index contributed by atoms with van der Waals surface area (Å²) in [7, 11) is -3.70. The maximum absolute atomic E-state index is 13.4. The van der Waals surface area contributed by atoms with E-state index in [1.165, 1.54) is 4.90 Å². The molecule has 0 bridgehead atoms. The van der Waals surface area contributed by atoms with Crippen LogP contribution in [0.1, 0.15) is 55.2 Å². The molecule has 2 saturated carbocycles. The van der Waals surface area contributed by atoms with Gasteiger partial charge in [0.05, 0.1) is 15.9 Å². The van der Waals surface area contributed by atoms with Crippen molar-refractivity contribution in [3.8, 4) is 5.75 Å². The van der Waals surface area contributed by atoms with Gasteiger partial charge in [-0.15, -0.1) is 0 Å². The molecule has 0 radical (unpaired) electrons. The lowest BCUT2D eigenvalue weighted by Crippen LogP contribution is -2.35. The predicted molar refractivity (Wildman–Crippen MR) is 112 cm³/mol. The van der Waals surface area contributed by atoms with Gasteiger partial charge in [0.2, 0.25) is 5.89 Å². The molecule has 2 aliphatic carbocycles. The number of nitrogens with zero attached hydrogens (tertiary/aromatic N) is 3. The summed E-state index contributed by atoms with van der Waals surface area (Å²) in [5, 5.41) is 4.16. The molecule has 3 atom stereocenters. The molecule has 3 fully saturated rings. The van der Waals surface area contributed by atoms with Crippen molar-refractivity contribution >= 4 is 15.7 Å². The Hall–Kier alpha value is -2.63. The lowest BCUT2D eigenvalue weighted by atomic mass is 10.1. The van der Waals surface area contributed by atoms with Crippen molar-refractivity contribution < 1.29 is 35.6 Å². The molecule has 1 aliphatic heterocycles. The Labute approximate surface area is 194 Å². The van der Waals surface area contributed by atoms with Crippen LogP contribution in [0.3, 0.4) is 0 Å². The van der Waals surface area contributed by atoms with E-state index in [-0.39, 0.29) is 34.1 Å². The fourth-order valence-corrected chi connectivity index (χ4v) is 5.14. The largest absolute Gasteiger partial charge is 0.480 e. The third-order valence-corrected chi connectivity index (χ3v) is 8.31. The third-order valence-electron chi connectivity index (χ3n) is 7.19. The number of alkyl halides is 3. The second-order valence-corrected chi connectivity index (χ2v) is 12.0. The van der Waals surface area contributed by atoms with Crippen LogP contribution in [0.25, 0.3) is 0 Å². The molecule has 2 aromatic rings. The van der Waals surface area contributed by atoms with E-state index in [2.05, 4.69) is 17.1 Å². The first kappa shape index (κ1) is 23.1. The zero-order valence-corrected chi connectivity index (χ0v) is 19.7. The number of sulfone groups is 1. The number of fused-ring (bicyclic) bond motifs is 1. The topological polar surface area (TPSA) is 103 Å². The highest BCUT2D eigenvalue weighted by atomic mass is 32.2. The summed E-state index contributed by atoms with van der Waals surface area (Å²) in [6, 6.07) is 3.31. The van der Waals surface area contributed by atoms with Crippen LogP contribution < -0.4 is 4.74 Å². The van der Waals surface area contributed by atoms with Crippen molar-refractivity contribution in [1.82, 2.24) is 15.0 Å². The number of benzene rings is 1. The number of carbonyl (C=O) groups excluding carboxylic acids is 1. The summed E-state index contributed by atoms with van der Waals surface area (Å²) < 4.78 is 73.8. The highest BCUT2D eigenvalue weighted by molar-refractivity contribution is 7.90. The number of piperidine rings is 1. The van der Waals surface area contributed by atoms with E-state index in [9.17, 15) is 26.4 Å². The second kappa shape index (κ2) is 7.19. The molecule has 34 heavy (non-hydrogen) atoms. The van der Waals surface area contributed by atoms with Gasteiger partial charge in [0, 0.05) is 24.8 Å². The van der Waals surface area contributed by atoms with Crippen LogP contribution in [0.2, 0.25) is 0 Å². The fraction of sp³-hybridized carbons (Fsp3) is 0.591. The van der Waals surface area contributed by atoms with Gasteiger partial charge < -0.3 is 14.2 Å².